The number of aromatic nitrogens is 2. The van der Waals surface area contributed by atoms with Gasteiger partial charge in [-0.05, 0) is 24.3 Å². The summed E-state index contributed by atoms with van der Waals surface area (Å²) in [6.07, 6.45) is 0.634. The van der Waals surface area contributed by atoms with E-state index in [1.54, 1.807) is 0 Å². The normalized spacial score (nSPS) is 10.4. The summed E-state index contributed by atoms with van der Waals surface area (Å²) < 4.78 is 5.43. The van der Waals surface area contributed by atoms with Gasteiger partial charge >= 0.3 is 0 Å². The summed E-state index contributed by atoms with van der Waals surface area (Å²) >= 11 is 1.35. The summed E-state index contributed by atoms with van der Waals surface area (Å²) in [4.78, 5) is 0. The number of nitrogens with zero attached hydrogens (tertiary/aromatic N) is 2. The molecule has 0 aliphatic heterocycles. The number of benzene rings is 1. The number of nitrogens with two attached hydrogens (primary N) is 1. The third-order valence-corrected chi connectivity index (χ3v) is 2.91. The van der Waals surface area contributed by atoms with E-state index < -0.39 is 0 Å². The molecule has 1 heterocycles. The number of hydrogen-bond acceptors (Lipinski definition) is 6. The zero-order valence-electron chi connectivity index (χ0n) is 9.17. The van der Waals surface area contributed by atoms with E-state index in [0.717, 1.165) is 16.3 Å². The number of nitrogen functional groups attached to an aromatic ring is 1. The van der Waals surface area contributed by atoms with Crippen LogP contribution in [0.15, 0.2) is 24.3 Å². The highest BCUT2D eigenvalue weighted by molar-refractivity contribution is 7.18. The zero-order valence-corrected chi connectivity index (χ0v) is 9.98. The maximum absolute atomic E-state index is 8.63. The van der Waals surface area contributed by atoms with Gasteiger partial charge in [0.1, 0.15) is 10.8 Å². The standard InChI is InChI=1S/C11H13N3O2S/c12-11-14-13-10(17-11)8-2-4-9(5-3-8)16-7-1-6-15/h2-5,15H,1,6-7H2,(H2,12,14). The first-order valence-electron chi connectivity index (χ1n) is 5.22. The van der Waals surface area contributed by atoms with Crippen LogP contribution in [0.2, 0.25) is 0 Å². The molecule has 0 bridgehead atoms. The van der Waals surface area contributed by atoms with Gasteiger partial charge in [-0.3, -0.25) is 0 Å². The second-order valence-corrected chi connectivity index (χ2v) is 4.40. The van der Waals surface area contributed by atoms with Crippen molar-refractivity contribution in [1.29, 1.82) is 0 Å². The Morgan fingerprint density at radius 1 is 1.24 bits per heavy atom. The van der Waals surface area contributed by atoms with E-state index in [2.05, 4.69) is 10.2 Å². The molecule has 0 radical (unpaired) electrons. The van der Waals surface area contributed by atoms with Gasteiger partial charge in [0, 0.05) is 18.6 Å². The Balaban J connectivity index is 2.02. The van der Waals surface area contributed by atoms with Crippen molar-refractivity contribution in [2.24, 2.45) is 0 Å². The van der Waals surface area contributed by atoms with Gasteiger partial charge < -0.3 is 15.6 Å². The molecule has 0 aliphatic rings. The van der Waals surface area contributed by atoms with E-state index in [0.29, 0.717) is 18.2 Å². The van der Waals surface area contributed by atoms with Gasteiger partial charge in [-0.25, -0.2) is 0 Å². The van der Waals surface area contributed by atoms with Gasteiger partial charge in [0.25, 0.3) is 0 Å². The van der Waals surface area contributed by atoms with E-state index in [-0.39, 0.29) is 6.61 Å². The zero-order chi connectivity index (χ0) is 12.1. The molecule has 0 saturated heterocycles. The molecule has 0 fully saturated rings. The van der Waals surface area contributed by atoms with Crippen LogP contribution in [0.25, 0.3) is 10.6 Å². The van der Waals surface area contributed by atoms with E-state index in [9.17, 15) is 0 Å². The largest absolute Gasteiger partial charge is 0.494 e. The molecule has 3 N–H and O–H groups in total. The van der Waals surface area contributed by atoms with Crippen molar-refractivity contribution < 1.29 is 9.84 Å². The lowest BCUT2D eigenvalue weighted by atomic mass is 10.2. The fourth-order valence-corrected chi connectivity index (χ4v) is 1.91. The van der Waals surface area contributed by atoms with Crippen molar-refractivity contribution in [3.63, 3.8) is 0 Å². The van der Waals surface area contributed by atoms with Crippen LogP contribution < -0.4 is 10.5 Å². The van der Waals surface area contributed by atoms with Crippen LogP contribution in [-0.4, -0.2) is 28.5 Å². The highest BCUT2D eigenvalue weighted by Crippen LogP contribution is 2.26. The molecule has 0 spiro atoms. The Morgan fingerprint density at radius 3 is 2.59 bits per heavy atom. The number of ether oxygens (including phenoxy) is 1. The Kier molecular flexibility index (Phi) is 3.89. The fraction of sp³-hybridized carbons (Fsp3) is 0.273. The Bertz CT molecular complexity index is 470. The molecule has 0 atom stereocenters. The molecule has 0 amide bonds. The Labute approximate surface area is 103 Å². The molecule has 2 aromatic rings. The predicted molar refractivity (Wildman–Crippen MR) is 67.0 cm³/mol. The van der Waals surface area contributed by atoms with Crippen LogP contribution in [-0.2, 0) is 0 Å². The van der Waals surface area contributed by atoms with Gasteiger partial charge in [0.05, 0.1) is 6.61 Å². The molecule has 0 saturated carbocycles. The van der Waals surface area contributed by atoms with Crippen LogP contribution in [0, 0.1) is 0 Å². The minimum atomic E-state index is 0.141. The summed E-state index contributed by atoms with van der Waals surface area (Å²) in [5.74, 6) is 0.777. The van der Waals surface area contributed by atoms with E-state index in [1.165, 1.54) is 11.3 Å². The molecule has 17 heavy (non-hydrogen) atoms. The Hall–Kier alpha value is -1.66. The third-order valence-electron chi connectivity index (χ3n) is 2.11. The van der Waals surface area contributed by atoms with Gasteiger partial charge in [0.15, 0.2) is 0 Å². The number of anilines is 1. The van der Waals surface area contributed by atoms with Crippen LogP contribution >= 0.6 is 11.3 Å². The van der Waals surface area contributed by atoms with Gasteiger partial charge in [-0.2, -0.15) is 0 Å². The summed E-state index contributed by atoms with van der Waals surface area (Å²) in [5.41, 5.74) is 6.49. The highest BCUT2D eigenvalue weighted by atomic mass is 32.1. The molecule has 1 aromatic carbocycles. The summed E-state index contributed by atoms with van der Waals surface area (Å²) in [6.45, 7) is 0.656. The first kappa shape index (κ1) is 11.8. The summed E-state index contributed by atoms with van der Waals surface area (Å²) in [5, 5.41) is 17.6. The van der Waals surface area contributed by atoms with Crippen LogP contribution in [0.1, 0.15) is 6.42 Å². The average Bonchev–Trinajstić information content (AvgIpc) is 2.77. The molecule has 2 rings (SSSR count). The molecule has 0 aliphatic carbocycles. The second-order valence-electron chi connectivity index (χ2n) is 3.40. The lowest BCUT2D eigenvalue weighted by Crippen LogP contribution is -1.99. The molecular weight excluding hydrogens is 238 g/mol. The fourth-order valence-electron chi connectivity index (χ4n) is 1.30. The van der Waals surface area contributed by atoms with Gasteiger partial charge in [-0.15, -0.1) is 10.2 Å². The second kappa shape index (κ2) is 5.60. The molecule has 5 nitrogen and oxygen atoms in total. The van der Waals surface area contributed by atoms with E-state index in [4.69, 9.17) is 15.6 Å². The molecule has 1 aromatic heterocycles. The highest BCUT2D eigenvalue weighted by Gasteiger charge is 2.04. The quantitative estimate of drug-likeness (QED) is 0.788. The summed E-state index contributed by atoms with van der Waals surface area (Å²) in [7, 11) is 0. The Morgan fingerprint density at radius 2 is 2.00 bits per heavy atom. The van der Waals surface area contributed by atoms with Crippen molar-refractivity contribution in [2.45, 2.75) is 6.42 Å². The van der Waals surface area contributed by atoms with Crippen LogP contribution in [0.3, 0.4) is 0 Å². The van der Waals surface area contributed by atoms with Crippen LogP contribution in [0.4, 0.5) is 5.13 Å². The minimum absolute atomic E-state index is 0.141. The number of rotatable bonds is 5. The molecule has 90 valence electrons. The van der Waals surface area contributed by atoms with Gasteiger partial charge in [-0.1, -0.05) is 11.3 Å². The lowest BCUT2D eigenvalue weighted by molar-refractivity contribution is 0.233. The SMILES string of the molecule is Nc1nnc(-c2ccc(OCCCO)cc2)s1. The first-order valence-corrected chi connectivity index (χ1v) is 6.04. The third kappa shape index (κ3) is 3.15. The summed E-state index contributed by atoms with van der Waals surface area (Å²) in [6, 6.07) is 7.55. The monoisotopic (exact) mass is 251 g/mol. The first-order chi connectivity index (χ1) is 8.29. The molecule has 6 heteroatoms. The van der Waals surface area contributed by atoms with E-state index >= 15 is 0 Å². The predicted octanol–water partition coefficient (Wildman–Crippen LogP) is 1.55. The molecular formula is C11H13N3O2S. The topological polar surface area (TPSA) is 81.3 Å². The molecule has 0 unspecified atom stereocenters. The van der Waals surface area contributed by atoms with Crippen molar-refractivity contribution in [1.82, 2.24) is 10.2 Å². The van der Waals surface area contributed by atoms with Crippen LogP contribution in [0.5, 0.6) is 5.75 Å². The van der Waals surface area contributed by atoms with Crippen molar-refractivity contribution >= 4 is 16.5 Å². The van der Waals surface area contributed by atoms with Crippen molar-refractivity contribution in [2.75, 3.05) is 18.9 Å². The number of aliphatic hydroxyl groups excluding tert-OH is 1. The number of aliphatic hydroxyl groups is 1. The van der Waals surface area contributed by atoms with E-state index in [1.807, 2.05) is 24.3 Å². The maximum atomic E-state index is 8.63. The average molecular weight is 251 g/mol. The van der Waals surface area contributed by atoms with Crippen molar-refractivity contribution in [3.05, 3.63) is 24.3 Å². The maximum Gasteiger partial charge on any atom is 0.203 e. The minimum Gasteiger partial charge on any atom is -0.494 e. The van der Waals surface area contributed by atoms with Gasteiger partial charge in [0.2, 0.25) is 5.13 Å². The lowest BCUT2D eigenvalue weighted by Gasteiger charge is -2.04. The smallest absolute Gasteiger partial charge is 0.203 e. The number of hydrogen-bond donors (Lipinski definition) is 2. The van der Waals surface area contributed by atoms with Crippen molar-refractivity contribution in [3.8, 4) is 16.3 Å².